The van der Waals surface area contributed by atoms with Crippen molar-refractivity contribution in [1.82, 2.24) is 60.0 Å². The highest BCUT2D eigenvalue weighted by Gasteiger charge is 2.50. The number of rotatable bonds is 21. The second-order valence-electron chi connectivity index (χ2n) is 21.4. The van der Waals surface area contributed by atoms with Crippen LogP contribution in [-0.4, -0.2) is 108 Å². The summed E-state index contributed by atoms with van der Waals surface area (Å²) in [6, 6.07) is 0. The summed E-state index contributed by atoms with van der Waals surface area (Å²) in [4.78, 5) is 0. The molecule has 0 N–H and O–H groups in total. The molecule has 4 fully saturated rings. The smallest absolute Gasteiger partial charge is 0.161 e. The van der Waals surface area contributed by atoms with E-state index in [1.807, 2.05) is 45.8 Å². The summed E-state index contributed by atoms with van der Waals surface area (Å²) in [5, 5.41) is 35.1. The Balaban J connectivity index is 0.762. The van der Waals surface area contributed by atoms with Crippen molar-refractivity contribution in [1.29, 1.82) is 0 Å². The van der Waals surface area contributed by atoms with Crippen LogP contribution in [0.25, 0.3) is 0 Å². The van der Waals surface area contributed by atoms with Gasteiger partial charge in [-0.3, -0.25) is 4.68 Å². The summed E-state index contributed by atoms with van der Waals surface area (Å²) < 4.78 is 45.9. The molecule has 1 aliphatic carbocycles. The molecule has 20 heteroatoms. The molecule has 3 saturated heterocycles. The molecule has 384 valence electrons. The van der Waals surface area contributed by atoms with Gasteiger partial charge < -0.3 is 28.4 Å². The van der Waals surface area contributed by atoms with Gasteiger partial charge >= 0.3 is 0 Å². The predicted molar refractivity (Wildman–Crippen MR) is 258 cm³/mol. The van der Waals surface area contributed by atoms with Crippen molar-refractivity contribution in [2.45, 2.75) is 196 Å². The Morgan fingerprint density at radius 2 is 1.14 bits per heavy atom. The SMILES string of the molecule is CC[C@@H]1CC(C[C@@]2(CCl)O[C@@H](Cn3cc(COCc4cn(C[C@@H]5O[C@@H](OCc6cn(C[C@@H]7O[C@@H](OCc8cn(CC)nn8)[C@@H](C)[C@H](C)[C@H]7C)nn6)[C@@H](C)C[C@H]5C)nn4)nn3)C[C@H]2C)[C@@H](C)[C@@H](C)[C@H]1Cl. The summed E-state index contributed by atoms with van der Waals surface area (Å²) >= 11 is 13.6. The van der Waals surface area contributed by atoms with Gasteiger partial charge in [-0.15, -0.1) is 43.6 Å². The third kappa shape index (κ3) is 12.4. The van der Waals surface area contributed by atoms with Gasteiger partial charge in [-0.25, -0.2) is 14.0 Å². The lowest BCUT2D eigenvalue weighted by atomic mass is 9.64. The van der Waals surface area contributed by atoms with Gasteiger partial charge in [0.15, 0.2) is 12.6 Å². The maximum absolute atomic E-state index is 6.89. The lowest BCUT2D eigenvalue weighted by Gasteiger charge is -2.46. The van der Waals surface area contributed by atoms with E-state index in [0.717, 1.165) is 61.4 Å². The van der Waals surface area contributed by atoms with Crippen LogP contribution in [0.15, 0.2) is 24.8 Å². The van der Waals surface area contributed by atoms with Crippen molar-refractivity contribution in [3.05, 3.63) is 47.6 Å². The summed E-state index contributed by atoms with van der Waals surface area (Å²) in [5.41, 5.74) is 2.65. The molecule has 1 saturated carbocycles. The number of aryl methyl sites for hydroxylation is 1. The molecular weight excluding hydrogens is 924 g/mol. The molecule has 18 nitrogen and oxygen atoms in total. The van der Waals surface area contributed by atoms with Gasteiger partial charge in [-0.1, -0.05) is 89.6 Å². The third-order valence-electron chi connectivity index (χ3n) is 16.6. The van der Waals surface area contributed by atoms with Crippen LogP contribution in [0.2, 0.25) is 0 Å². The Hall–Kier alpha value is -3.10. The minimum atomic E-state index is -0.397. The first kappa shape index (κ1) is 52.2. The molecule has 17 atom stereocenters. The quantitative estimate of drug-likeness (QED) is 0.0734. The summed E-state index contributed by atoms with van der Waals surface area (Å²) in [7, 11) is 0. The van der Waals surface area contributed by atoms with Crippen LogP contribution in [-0.2, 0) is 81.0 Å². The average molecular weight is 1000 g/mol. The van der Waals surface area contributed by atoms with Gasteiger partial charge in [0, 0.05) is 23.8 Å². The van der Waals surface area contributed by atoms with Crippen LogP contribution < -0.4 is 0 Å². The first-order valence-electron chi connectivity index (χ1n) is 25.7. The standard InChI is InChI=1S/C49H78Cl2N12O6/c1-11-37-15-38(33(7)35(9)46(37)51)16-49(28-50)31(5)14-43(69-49)21-61-18-39(52-57-61)24-64-25-40-19-62(58-53-40)22-44-29(3)13-30(4)47(67-44)65-26-42-20-63(59-55-42)23-45-34(8)32(6)36(10)48(68-45)66-27-41-17-60(12-2)56-54-41/h17-20,29-38,43-48H,11-16,21-28H2,1-10H3/t29-,30+,31-,32-,33+,34-,35-,36+,37-,38?,43-,44+,45+,46-,47-,48-,49+/m1/s1. The zero-order valence-corrected chi connectivity index (χ0v) is 44.0. The zero-order valence-electron chi connectivity index (χ0n) is 42.5. The largest absolute Gasteiger partial charge is 0.369 e. The van der Waals surface area contributed by atoms with Gasteiger partial charge in [-0.2, -0.15) is 0 Å². The third-order valence-corrected chi connectivity index (χ3v) is 17.8. The average Bonchev–Trinajstić information content (AvgIpc) is 4.20. The first-order valence-corrected chi connectivity index (χ1v) is 26.7. The van der Waals surface area contributed by atoms with Crippen molar-refractivity contribution in [3.8, 4) is 0 Å². The molecule has 7 heterocycles. The maximum atomic E-state index is 6.89. The minimum Gasteiger partial charge on any atom is -0.369 e. The Labute approximate surface area is 418 Å². The molecule has 0 bridgehead atoms. The van der Waals surface area contributed by atoms with E-state index in [9.17, 15) is 0 Å². The van der Waals surface area contributed by atoms with Gasteiger partial charge in [0.05, 0.1) is 101 Å². The van der Waals surface area contributed by atoms with Crippen LogP contribution in [0, 0.1) is 59.2 Å². The second kappa shape index (κ2) is 23.2. The number of ether oxygens (including phenoxy) is 6. The predicted octanol–water partition coefficient (Wildman–Crippen LogP) is 7.96. The molecule has 3 aliphatic heterocycles. The van der Waals surface area contributed by atoms with E-state index in [1.165, 1.54) is 0 Å². The number of alkyl halides is 2. The zero-order chi connectivity index (χ0) is 49.0. The van der Waals surface area contributed by atoms with Gasteiger partial charge in [0.2, 0.25) is 0 Å². The van der Waals surface area contributed by atoms with Gasteiger partial charge in [0.1, 0.15) is 22.8 Å². The Morgan fingerprint density at radius 1 is 0.594 bits per heavy atom. The number of nitrogens with zero attached hydrogens (tertiary/aromatic N) is 12. The molecule has 69 heavy (non-hydrogen) atoms. The molecule has 8 rings (SSSR count). The molecule has 4 aromatic heterocycles. The van der Waals surface area contributed by atoms with Gasteiger partial charge in [-0.05, 0) is 80.0 Å². The molecule has 0 spiro atoms. The molecule has 1 unspecified atom stereocenters. The summed E-state index contributed by atoms with van der Waals surface area (Å²) in [6.07, 6.45) is 11.9. The van der Waals surface area contributed by atoms with Crippen molar-refractivity contribution in [3.63, 3.8) is 0 Å². The fraction of sp³-hybridized carbons (Fsp3) is 0.837. The number of hydrogen-bond donors (Lipinski definition) is 0. The van der Waals surface area contributed by atoms with Crippen LogP contribution in [0.3, 0.4) is 0 Å². The highest BCUT2D eigenvalue weighted by atomic mass is 35.5. The molecule has 0 amide bonds. The molecule has 0 aromatic carbocycles. The van der Waals surface area contributed by atoms with E-state index in [-0.39, 0.29) is 54.0 Å². The van der Waals surface area contributed by atoms with Gasteiger partial charge in [0.25, 0.3) is 0 Å². The second-order valence-corrected chi connectivity index (χ2v) is 22.2. The van der Waals surface area contributed by atoms with E-state index in [1.54, 1.807) is 4.68 Å². The van der Waals surface area contributed by atoms with E-state index in [2.05, 4.69) is 104 Å². The highest BCUT2D eigenvalue weighted by Crippen LogP contribution is 2.50. The van der Waals surface area contributed by atoms with E-state index in [0.29, 0.717) is 92.7 Å². The first-order chi connectivity index (χ1) is 33.1. The van der Waals surface area contributed by atoms with Crippen LogP contribution >= 0.6 is 23.2 Å². The van der Waals surface area contributed by atoms with Crippen molar-refractivity contribution in [2.75, 3.05) is 5.88 Å². The highest BCUT2D eigenvalue weighted by molar-refractivity contribution is 6.21. The number of halogens is 2. The van der Waals surface area contributed by atoms with Crippen LogP contribution in [0.5, 0.6) is 0 Å². The van der Waals surface area contributed by atoms with E-state index < -0.39 is 6.29 Å². The Kier molecular flexibility index (Phi) is 17.6. The lowest BCUT2D eigenvalue weighted by Crippen LogP contribution is -2.47. The maximum Gasteiger partial charge on any atom is 0.161 e. The van der Waals surface area contributed by atoms with Crippen molar-refractivity contribution >= 4 is 23.2 Å². The Morgan fingerprint density at radius 3 is 1.74 bits per heavy atom. The minimum absolute atomic E-state index is 0.0130. The van der Waals surface area contributed by atoms with Crippen LogP contribution in [0.4, 0.5) is 0 Å². The fourth-order valence-electron chi connectivity index (χ4n) is 11.5. The monoisotopic (exact) mass is 1000 g/mol. The topological polar surface area (TPSA) is 178 Å². The molecular formula is C49H78Cl2N12O6. The van der Waals surface area contributed by atoms with E-state index in [4.69, 9.17) is 51.6 Å². The Bertz CT molecular complexity index is 2210. The molecule has 0 radical (unpaired) electrons. The fourth-order valence-corrected chi connectivity index (χ4v) is 12.4. The molecule has 4 aliphatic rings. The summed E-state index contributed by atoms with van der Waals surface area (Å²) in [5.74, 6) is 4.32. The van der Waals surface area contributed by atoms with Crippen molar-refractivity contribution in [2.24, 2.45) is 59.2 Å². The summed E-state index contributed by atoms with van der Waals surface area (Å²) in [6.45, 7) is 26.0. The normalized spacial score (nSPS) is 36.3. The molecule has 4 aromatic rings. The van der Waals surface area contributed by atoms with Crippen LogP contribution in [0.1, 0.15) is 124 Å². The lowest BCUT2D eigenvalue weighted by molar-refractivity contribution is -0.255. The number of aromatic nitrogens is 12. The van der Waals surface area contributed by atoms with Crippen molar-refractivity contribution < 1.29 is 28.4 Å². The van der Waals surface area contributed by atoms with E-state index >= 15 is 0 Å². The number of hydrogen-bond acceptors (Lipinski definition) is 14.